The Labute approximate surface area is 115 Å². The van der Waals surface area contributed by atoms with Crippen LogP contribution in [0.5, 0.6) is 0 Å². The van der Waals surface area contributed by atoms with Crippen LogP contribution < -0.4 is 0 Å². The third-order valence-corrected chi connectivity index (χ3v) is 3.74. The molecular formula is C15H15NO4. The molecule has 0 aliphatic carbocycles. The van der Waals surface area contributed by atoms with Crippen LogP contribution in [0.2, 0.25) is 0 Å². The van der Waals surface area contributed by atoms with E-state index in [1.165, 1.54) is 0 Å². The Hall–Kier alpha value is -2.30. The second-order valence-corrected chi connectivity index (χ2v) is 5.07. The molecule has 0 bridgehead atoms. The van der Waals surface area contributed by atoms with Gasteiger partial charge in [-0.1, -0.05) is 0 Å². The van der Waals surface area contributed by atoms with Crippen molar-refractivity contribution in [3.8, 4) is 0 Å². The van der Waals surface area contributed by atoms with Gasteiger partial charge in [-0.15, -0.1) is 0 Å². The van der Waals surface area contributed by atoms with Crippen LogP contribution in [0.25, 0.3) is 0 Å². The van der Waals surface area contributed by atoms with Crippen molar-refractivity contribution < 1.29 is 19.1 Å². The molecule has 1 atom stereocenters. The van der Waals surface area contributed by atoms with Gasteiger partial charge in [-0.25, -0.2) is 0 Å². The van der Waals surface area contributed by atoms with Crippen LogP contribution in [0.3, 0.4) is 0 Å². The van der Waals surface area contributed by atoms with E-state index in [1.54, 1.807) is 31.2 Å². The number of aromatic nitrogens is 1. The fourth-order valence-corrected chi connectivity index (χ4v) is 2.77. The van der Waals surface area contributed by atoms with Crippen LogP contribution in [0.4, 0.5) is 0 Å². The quantitative estimate of drug-likeness (QED) is 0.872. The lowest BCUT2D eigenvalue weighted by Gasteiger charge is -2.22. The molecule has 1 unspecified atom stereocenters. The Bertz CT molecular complexity index is 680. The summed E-state index contributed by atoms with van der Waals surface area (Å²) in [5.74, 6) is -0.584. The van der Waals surface area contributed by atoms with Crippen molar-refractivity contribution in [3.05, 3.63) is 47.2 Å². The molecule has 0 fully saturated rings. The van der Waals surface area contributed by atoms with Gasteiger partial charge in [0.1, 0.15) is 5.76 Å². The summed E-state index contributed by atoms with van der Waals surface area (Å²) in [5.41, 5.74) is 1.20. The first-order valence-electron chi connectivity index (χ1n) is 6.61. The summed E-state index contributed by atoms with van der Waals surface area (Å²) in [5, 5.41) is 9.24. The lowest BCUT2D eigenvalue weighted by Crippen LogP contribution is -2.23. The van der Waals surface area contributed by atoms with E-state index in [0.29, 0.717) is 35.9 Å². The molecule has 0 saturated carbocycles. The summed E-state index contributed by atoms with van der Waals surface area (Å²) in [6.45, 7) is 2.46. The predicted molar refractivity (Wildman–Crippen MR) is 70.9 cm³/mol. The van der Waals surface area contributed by atoms with Crippen LogP contribution >= 0.6 is 0 Å². The lowest BCUT2D eigenvalue weighted by molar-refractivity contribution is -0.139. The second kappa shape index (κ2) is 4.67. The van der Waals surface area contributed by atoms with Crippen molar-refractivity contribution in [1.29, 1.82) is 0 Å². The Morgan fingerprint density at radius 3 is 2.75 bits per heavy atom. The normalized spacial score (nSPS) is 17.8. The van der Waals surface area contributed by atoms with Crippen molar-refractivity contribution >= 4 is 11.8 Å². The molecule has 0 radical (unpaired) electrons. The third kappa shape index (κ3) is 1.95. The fourth-order valence-electron chi connectivity index (χ4n) is 2.77. The van der Waals surface area contributed by atoms with Gasteiger partial charge in [-0.2, -0.15) is 0 Å². The van der Waals surface area contributed by atoms with E-state index in [9.17, 15) is 14.7 Å². The lowest BCUT2D eigenvalue weighted by atomic mass is 9.96. The van der Waals surface area contributed by atoms with Crippen LogP contribution in [-0.4, -0.2) is 21.4 Å². The number of nitrogens with zero attached hydrogens (tertiary/aromatic N) is 1. The molecule has 5 heteroatoms. The minimum Gasteiger partial charge on any atom is -0.481 e. The van der Waals surface area contributed by atoms with Crippen LogP contribution in [0.15, 0.2) is 28.7 Å². The van der Waals surface area contributed by atoms with E-state index < -0.39 is 11.9 Å². The van der Waals surface area contributed by atoms with Gasteiger partial charge in [0.25, 0.3) is 0 Å². The first kappa shape index (κ1) is 12.7. The molecule has 3 heterocycles. The van der Waals surface area contributed by atoms with Gasteiger partial charge in [-0.3, -0.25) is 9.59 Å². The van der Waals surface area contributed by atoms with Crippen LogP contribution in [0.1, 0.15) is 46.5 Å². The summed E-state index contributed by atoms with van der Waals surface area (Å²) >= 11 is 0. The number of carboxylic acids is 1. The van der Waals surface area contributed by atoms with Gasteiger partial charge in [0.15, 0.2) is 5.76 Å². The monoisotopic (exact) mass is 273 g/mol. The number of carboxylic acid groups (broad SMARTS) is 1. The molecule has 0 amide bonds. The molecule has 0 saturated heterocycles. The number of rotatable bonds is 3. The van der Waals surface area contributed by atoms with Gasteiger partial charge in [0.2, 0.25) is 5.78 Å². The topological polar surface area (TPSA) is 72.4 Å². The molecule has 1 aliphatic heterocycles. The summed E-state index contributed by atoms with van der Waals surface area (Å²) in [6.07, 6.45) is 1.38. The average molecular weight is 273 g/mol. The number of aryl methyl sites for hydroxylation is 1. The number of aliphatic carboxylic acids is 1. The van der Waals surface area contributed by atoms with Gasteiger partial charge < -0.3 is 14.1 Å². The van der Waals surface area contributed by atoms with E-state index in [2.05, 4.69) is 0 Å². The highest BCUT2D eigenvalue weighted by molar-refractivity contribution is 6.06. The smallest absolute Gasteiger partial charge is 0.312 e. The highest BCUT2D eigenvalue weighted by Gasteiger charge is 2.30. The zero-order valence-corrected chi connectivity index (χ0v) is 11.1. The van der Waals surface area contributed by atoms with Crippen LogP contribution in [-0.2, 0) is 11.3 Å². The Morgan fingerprint density at radius 1 is 1.30 bits per heavy atom. The molecule has 104 valence electrons. The molecule has 2 aromatic rings. The number of hydrogen-bond acceptors (Lipinski definition) is 3. The molecule has 2 aromatic heterocycles. The summed E-state index contributed by atoms with van der Waals surface area (Å²) < 4.78 is 7.16. The first-order valence-corrected chi connectivity index (χ1v) is 6.61. The number of carbonyl (C=O) groups excluding carboxylic acids is 1. The van der Waals surface area contributed by atoms with E-state index in [-0.39, 0.29) is 5.78 Å². The summed E-state index contributed by atoms with van der Waals surface area (Å²) in [7, 11) is 0. The molecule has 5 nitrogen and oxygen atoms in total. The minimum absolute atomic E-state index is 0.199. The summed E-state index contributed by atoms with van der Waals surface area (Å²) in [4.78, 5) is 23.7. The first-order chi connectivity index (χ1) is 9.58. The maximum absolute atomic E-state index is 12.4. The molecule has 1 aliphatic rings. The van der Waals surface area contributed by atoms with Crippen LogP contribution in [0, 0.1) is 6.92 Å². The molecule has 0 spiro atoms. The average Bonchev–Trinajstić information content (AvgIpc) is 3.03. The Kier molecular flexibility index (Phi) is 2.97. The number of ketones is 1. The van der Waals surface area contributed by atoms with Crippen molar-refractivity contribution in [3.63, 3.8) is 0 Å². The third-order valence-electron chi connectivity index (χ3n) is 3.74. The molecular weight excluding hydrogens is 258 g/mol. The maximum Gasteiger partial charge on any atom is 0.312 e. The van der Waals surface area contributed by atoms with Crippen molar-refractivity contribution in [2.75, 3.05) is 0 Å². The second-order valence-electron chi connectivity index (χ2n) is 5.07. The largest absolute Gasteiger partial charge is 0.481 e. The zero-order chi connectivity index (χ0) is 14.3. The van der Waals surface area contributed by atoms with E-state index in [4.69, 9.17) is 4.42 Å². The Morgan fingerprint density at radius 2 is 2.10 bits per heavy atom. The Balaban J connectivity index is 2.00. The predicted octanol–water partition coefficient (Wildman–Crippen LogP) is 2.58. The van der Waals surface area contributed by atoms with E-state index >= 15 is 0 Å². The van der Waals surface area contributed by atoms with E-state index in [0.717, 1.165) is 6.42 Å². The maximum atomic E-state index is 12.4. The zero-order valence-electron chi connectivity index (χ0n) is 11.1. The number of furan rings is 1. The fraction of sp³-hybridized carbons (Fsp3) is 0.333. The SMILES string of the molecule is Cc1ccc(C(=O)c2ccc3n2CCCC3C(=O)O)o1. The highest BCUT2D eigenvalue weighted by Crippen LogP contribution is 2.30. The van der Waals surface area contributed by atoms with Gasteiger partial charge in [0, 0.05) is 12.2 Å². The highest BCUT2D eigenvalue weighted by atomic mass is 16.4. The van der Waals surface area contributed by atoms with Crippen molar-refractivity contribution in [1.82, 2.24) is 4.57 Å². The number of fused-ring (bicyclic) bond motifs is 1. The minimum atomic E-state index is -0.836. The van der Waals surface area contributed by atoms with Gasteiger partial charge in [-0.05, 0) is 44.0 Å². The molecule has 0 aromatic carbocycles. The molecule has 20 heavy (non-hydrogen) atoms. The van der Waals surface area contributed by atoms with Crippen molar-refractivity contribution in [2.24, 2.45) is 0 Å². The van der Waals surface area contributed by atoms with Gasteiger partial charge >= 0.3 is 5.97 Å². The summed E-state index contributed by atoms with van der Waals surface area (Å²) in [6, 6.07) is 6.82. The van der Waals surface area contributed by atoms with Crippen molar-refractivity contribution in [2.45, 2.75) is 32.2 Å². The van der Waals surface area contributed by atoms with Gasteiger partial charge in [0.05, 0.1) is 11.6 Å². The standard InChI is InChI=1S/C15H15NO4/c1-9-4-7-13(20-9)14(17)12-6-5-11-10(15(18)19)3-2-8-16(11)12/h4-7,10H,2-3,8H2,1H3,(H,18,19). The number of hydrogen-bond donors (Lipinski definition) is 1. The molecule has 1 N–H and O–H groups in total. The molecule has 3 rings (SSSR count). The van der Waals surface area contributed by atoms with E-state index in [1.807, 2.05) is 4.57 Å². The number of carbonyl (C=O) groups is 2.